The van der Waals surface area contributed by atoms with Crippen LogP contribution >= 0.6 is 11.3 Å². The zero-order valence-corrected chi connectivity index (χ0v) is 11.2. The largest absolute Gasteiger partial charge is 0.395 e. The molecule has 2 heterocycles. The van der Waals surface area contributed by atoms with Gasteiger partial charge in [0.1, 0.15) is 17.0 Å². The van der Waals surface area contributed by atoms with Crippen molar-refractivity contribution in [2.45, 2.75) is 13.3 Å². The van der Waals surface area contributed by atoms with Gasteiger partial charge in [0.05, 0.1) is 18.6 Å². The Morgan fingerprint density at radius 1 is 1.22 bits per heavy atom. The van der Waals surface area contributed by atoms with Crippen molar-refractivity contribution >= 4 is 27.4 Å². The van der Waals surface area contributed by atoms with Crippen molar-refractivity contribution in [3.63, 3.8) is 0 Å². The standard InChI is InChI=1S/C12H17N3O2S/c1-2-9-7-10-11(13-8-14-12(10)18-9)15(3-5-16)4-6-17/h7-8,16-17H,2-6H2,1H3. The fraction of sp³-hybridized carbons (Fsp3) is 0.500. The molecule has 2 N–H and O–H groups in total. The van der Waals surface area contributed by atoms with E-state index in [-0.39, 0.29) is 13.2 Å². The highest BCUT2D eigenvalue weighted by Crippen LogP contribution is 2.30. The van der Waals surface area contributed by atoms with Crippen LogP contribution in [0, 0.1) is 0 Å². The lowest BCUT2D eigenvalue weighted by Crippen LogP contribution is -2.30. The molecular weight excluding hydrogens is 250 g/mol. The molecule has 0 unspecified atom stereocenters. The van der Waals surface area contributed by atoms with E-state index in [1.54, 1.807) is 11.3 Å². The predicted molar refractivity (Wildman–Crippen MR) is 73.2 cm³/mol. The summed E-state index contributed by atoms with van der Waals surface area (Å²) in [6, 6.07) is 2.09. The van der Waals surface area contributed by atoms with Gasteiger partial charge in [0.15, 0.2) is 0 Å². The van der Waals surface area contributed by atoms with Gasteiger partial charge in [-0.1, -0.05) is 6.92 Å². The van der Waals surface area contributed by atoms with Gasteiger partial charge in [-0.3, -0.25) is 0 Å². The van der Waals surface area contributed by atoms with Crippen LogP contribution < -0.4 is 4.90 Å². The molecule has 0 radical (unpaired) electrons. The summed E-state index contributed by atoms with van der Waals surface area (Å²) in [4.78, 5) is 12.7. The first-order valence-electron chi connectivity index (χ1n) is 6.00. The summed E-state index contributed by atoms with van der Waals surface area (Å²) in [6.45, 7) is 3.11. The lowest BCUT2D eigenvalue weighted by atomic mass is 10.3. The van der Waals surface area contributed by atoms with Crippen molar-refractivity contribution in [3.8, 4) is 0 Å². The number of rotatable bonds is 6. The molecule has 0 saturated carbocycles. The molecule has 0 atom stereocenters. The third-order valence-electron chi connectivity index (χ3n) is 2.75. The summed E-state index contributed by atoms with van der Waals surface area (Å²) >= 11 is 1.66. The van der Waals surface area contributed by atoms with E-state index in [0.717, 1.165) is 22.5 Å². The van der Waals surface area contributed by atoms with Crippen molar-refractivity contribution in [1.29, 1.82) is 0 Å². The summed E-state index contributed by atoms with van der Waals surface area (Å²) in [6.07, 6.45) is 2.51. The van der Waals surface area contributed by atoms with Crippen LogP contribution in [0.15, 0.2) is 12.4 Å². The summed E-state index contributed by atoms with van der Waals surface area (Å²) in [5.41, 5.74) is 0. The average Bonchev–Trinajstić information content (AvgIpc) is 2.81. The fourth-order valence-electron chi connectivity index (χ4n) is 1.88. The molecular formula is C12H17N3O2S. The van der Waals surface area contributed by atoms with Crippen LogP contribution in [-0.2, 0) is 6.42 Å². The molecule has 6 heteroatoms. The predicted octanol–water partition coefficient (Wildman–Crippen LogP) is 1.04. The van der Waals surface area contributed by atoms with E-state index in [1.165, 1.54) is 11.2 Å². The van der Waals surface area contributed by atoms with Crippen LogP contribution in [-0.4, -0.2) is 46.5 Å². The number of hydrogen-bond acceptors (Lipinski definition) is 6. The van der Waals surface area contributed by atoms with Gasteiger partial charge >= 0.3 is 0 Å². The van der Waals surface area contributed by atoms with Gasteiger partial charge in [-0.2, -0.15) is 0 Å². The lowest BCUT2D eigenvalue weighted by Gasteiger charge is -2.21. The Bertz CT molecular complexity index is 509. The van der Waals surface area contributed by atoms with Crippen LogP contribution in [0.4, 0.5) is 5.82 Å². The van der Waals surface area contributed by atoms with Crippen molar-refractivity contribution in [2.24, 2.45) is 0 Å². The molecule has 0 aliphatic rings. The quantitative estimate of drug-likeness (QED) is 0.818. The van der Waals surface area contributed by atoms with Crippen molar-refractivity contribution in [2.75, 3.05) is 31.2 Å². The molecule has 0 fully saturated rings. The molecule has 2 rings (SSSR count). The van der Waals surface area contributed by atoms with E-state index in [4.69, 9.17) is 10.2 Å². The Hall–Kier alpha value is -1.24. The van der Waals surface area contributed by atoms with Gasteiger partial charge in [-0.05, 0) is 12.5 Å². The highest BCUT2D eigenvalue weighted by molar-refractivity contribution is 7.18. The number of aliphatic hydroxyl groups excluding tert-OH is 2. The second-order valence-corrected chi connectivity index (χ2v) is 5.03. The molecule has 0 aliphatic carbocycles. The maximum absolute atomic E-state index is 9.08. The minimum atomic E-state index is 0.0380. The fourth-order valence-corrected chi connectivity index (χ4v) is 2.81. The van der Waals surface area contributed by atoms with Gasteiger partial charge in [0.2, 0.25) is 0 Å². The number of fused-ring (bicyclic) bond motifs is 1. The van der Waals surface area contributed by atoms with Crippen LogP contribution in [0.25, 0.3) is 10.2 Å². The first-order valence-corrected chi connectivity index (χ1v) is 6.81. The molecule has 2 aromatic heterocycles. The molecule has 2 aromatic rings. The van der Waals surface area contributed by atoms with Gasteiger partial charge < -0.3 is 15.1 Å². The van der Waals surface area contributed by atoms with E-state index in [1.807, 2.05) is 4.90 Å². The monoisotopic (exact) mass is 267 g/mol. The van der Waals surface area contributed by atoms with Crippen LogP contribution in [0.3, 0.4) is 0 Å². The SMILES string of the molecule is CCc1cc2c(N(CCO)CCO)ncnc2s1. The zero-order chi connectivity index (χ0) is 13.0. The number of aromatic nitrogens is 2. The van der Waals surface area contributed by atoms with E-state index in [2.05, 4.69) is 23.0 Å². The first kappa shape index (κ1) is 13.2. The molecule has 5 nitrogen and oxygen atoms in total. The highest BCUT2D eigenvalue weighted by atomic mass is 32.1. The van der Waals surface area contributed by atoms with E-state index < -0.39 is 0 Å². The normalized spacial score (nSPS) is 11.1. The average molecular weight is 267 g/mol. The minimum absolute atomic E-state index is 0.0380. The summed E-state index contributed by atoms with van der Waals surface area (Å²) in [7, 11) is 0. The van der Waals surface area contributed by atoms with Crippen molar-refractivity contribution < 1.29 is 10.2 Å². The Morgan fingerprint density at radius 3 is 2.56 bits per heavy atom. The highest BCUT2D eigenvalue weighted by Gasteiger charge is 2.13. The number of aliphatic hydroxyl groups is 2. The van der Waals surface area contributed by atoms with Gasteiger partial charge in [0, 0.05) is 18.0 Å². The van der Waals surface area contributed by atoms with Crippen LogP contribution in [0.1, 0.15) is 11.8 Å². The van der Waals surface area contributed by atoms with E-state index >= 15 is 0 Å². The smallest absolute Gasteiger partial charge is 0.140 e. The Labute approximate surface area is 110 Å². The molecule has 0 saturated heterocycles. The molecule has 0 aromatic carbocycles. The molecule has 0 aliphatic heterocycles. The Balaban J connectivity index is 2.43. The molecule has 18 heavy (non-hydrogen) atoms. The number of hydrogen-bond donors (Lipinski definition) is 2. The molecule has 98 valence electrons. The maximum atomic E-state index is 9.08. The summed E-state index contributed by atoms with van der Waals surface area (Å²) in [5.74, 6) is 0.791. The van der Waals surface area contributed by atoms with Gasteiger partial charge in [-0.25, -0.2) is 9.97 Å². The third-order valence-corrected chi connectivity index (χ3v) is 3.93. The van der Waals surface area contributed by atoms with Crippen LogP contribution in [0.5, 0.6) is 0 Å². The van der Waals surface area contributed by atoms with E-state index in [9.17, 15) is 0 Å². The molecule has 0 bridgehead atoms. The van der Waals surface area contributed by atoms with Gasteiger partial charge in [0.25, 0.3) is 0 Å². The van der Waals surface area contributed by atoms with Crippen molar-refractivity contribution in [3.05, 3.63) is 17.3 Å². The second-order valence-electron chi connectivity index (χ2n) is 3.92. The Morgan fingerprint density at radius 2 is 1.94 bits per heavy atom. The van der Waals surface area contributed by atoms with Gasteiger partial charge in [-0.15, -0.1) is 11.3 Å². The Kier molecular flexibility index (Phi) is 4.46. The maximum Gasteiger partial charge on any atom is 0.140 e. The second kappa shape index (κ2) is 6.08. The topological polar surface area (TPSA) is 69.5 Å². The van der Waals surface area contributed by atoms with E-state index in [0.29, 0.717) is 13.1 Å². The van der Waals surface area contributed by atoms with Crippen molar-refractivity contribution in [1.82, 2.24) is 9.97 Å². The number of thiophene rings is 1. The lowest BCUT2D eigenvalue weighted by molar-refractivity contribution is 0.281. The number of aryl methyl sites for hydroxylation is 1. The zero-order valence-electron chi connectivity index (χ0n) is 10.3. The summed E-state index contributed by atoms with van der Waals surface area (Å²) in [5, 5.41) is 19.2. The molecule has 0 spiro atoms. The minimum Gasteiger partial charge on any atom is -0.395 e. The number of nitrogens with zero attached hydrogens (tertiary/aromatic N) is 3. The van der Waals surface area contributed by atoms with Crippen LogP contribution in [0.2, 0.25) is 0 Å². The molecule has 0 amide bonds. The first-order chi connectivity index (χ1) is 8.80. The summed E-state index contributed by atoms with van der Waals surface area (Å²) < 4.78 is 0. The third kappa shape index (κ3) is 2.60. The number of anilines is 1.